The Kier molecular flexibility index (Phi) is 4.65. The average molecular weight is 312 g/mol. The molecule has 2 aliphatic heterocycles. The fraction of sp³-hybridized carbons (Fsp3) is 0.889. The number of phosphoric acid groups is 1. The molecule has 0 radical (unpaired) electrons. The van der Waals surface area contributed by atoms with E-state index in [2.05, 4.69) is 9.84 Å². The number of hydrogen-bond donors (Lipinski definition) is 5. The molecule has 0 saturated carbocycles. The van der Waals surface area contributed by atoms with Crippen molar-refractivity contribution in [3.63, 3.8) is 0 Å². The first-order valence-electron chi connectivity index (χ1n) is 6.06. The third-order valence-corrected chi connectivity index (χ3v) is 3.65. The topological polar surface area (TPSA) is 149 Å². The van der Waals surface area contributed by atoms with Crippen LogP contribution in [-0.2, 0) is 13.8 Å². The predicted octanol–water partition coefficient (Wildman–Crippen LogP) is -2.04. The molecule has 5 N–H and O–H groups in total. The van der Waals surface area contributed by atoms with Crippen LogP contribution in [0.25, 0.3) is 0 Å². The minimum Gasteiger partial charge on any atom is -0.387 e. The second-order valence-electron chi connectivity index (χ2n) is 4.61. The third-order valence-electron chi connectivity index (χ3n) is 3.16. The van der Waals surface area contributed by atoms with E-state index >= 15 is 0 Å². The van der Waals surface area contributed by atoms with Gasteiger partial charge >= 0.3 is 13.9 Å². The summed E-state index contributed by atoms with van der Waals surface area (Å²) in [7, 11) is -4.69. The van der Waals surface area contributed by atoms with Crippen molar-refractivity contribution in [1.29, 1.82) is 0 Å². The molecule has 0 aromatic carbocycles. The molecule has 2 aliphatic rings. The van der Waals surface area contributed by atoms with Gasteiger partial charge in [-0.1, -0.05) is 0 Å². The maximum absolute atomic E-state index is 11.6. The van der Waals surface area contributed by atoms with E-state index in [1.807, 2.05) is 0 Å². The number of phosphoric ester groups is 1. The number of rotatable bonds is 4. The molecule has 20 heavy (non-hydrogen) atoms. The summed E-state index contributed by atoms with van der Waals surface area (Å²) in [6, 6.07) is -0.427. The molecule has 2 saturated heterocycles. The number of nitrogens with one attached hydrogen (secondary N) is 1. The summed E-state index contributed by atoms with van der Waals surface area (Å²) in [5, 5.41) is 22.2. The van der Waals surface area contributed by atoms with Crippen LogP contribution in [0.5, 0.6) is 0 Å². The van der Waals surface area contributed by atoms with Gasteiger partial charge in [0.25, 0.3) is 0 Å². The number of amides is 2. The number of nitrogens with zero attached hydrogens (tertiary/aromatic N) is 1. The van der Waals surface area contributed by atoms with Gasteiger partial charge < -0.3 is 30.1 Å². The largest absolute Gasteiger partial charge is 0.469 e. The molecule has 2 rings (SSSR count). The Bertz CT molecular complexity index is 415. The highest BCUT2D eigenvalue weighted by Gasteiger charge is 2.47. The lowest BCUT2D eigenvalue weighted by molar-refractivity contribution is -0.0812. The molecule has 0 unspecified atom stereocenters. The van der Waals surface area contributed by atoms with Gasteiger partial charge in [-0.2, -0.15) is 0 Å². The molecule has 0 bridgehead atoms. The highest BCUT2D eigenvalue weighted by Crippen LogP contribution is 2.37. The Labute approximate surface area is 114 Å². The molecule has 0 spiro atoms. The van der Waals surface area contributed by atoms with Crippen molar-refractivity contribution < 1.29 is 38.6 Å². The lowest BCUT2D eigenvalue weighted by Crippen LogP contribution is -2.54. The quantitative estimate of drug-likeness (QED) is 0.373. The summed E-state index contributed by atoms with van der Waals surface area (Å²) in [4.78, 5) is 30.1. The molecule has 2 fully saturated rings. The van der Waals surface area contributed by atoms with Crippen LogP contribution in [0.3, 0.4) is 0 Å². The predicted molar refractivity (Wildman–Crippen MR) is 63.4 cm³/mol. The summed E-state index contributed by atoms with van der Waals surface area (Å²) in [6.07, 6.45) is -4.31. The average Bonchev–Trinajstić information content (AvgIpc) is 2.64. The van der Waals surface area contributed by atoms with Crippen molar-refractivity contribution in [3.8, 4) is 0 Å². The number of carbonyl (C=O) groups excluding carboxylic acids is 1. The van der Waals surface area contributed by atoms with Crippen LogP contribution >= 0.6 is 7.82 Å². The van der Waals surface area contributed by atoms with Crippen LogP contribution < -0.4 is 5.32 Å². The number of hydrogen-bond acceptors (Lipinski definition) is 6. The Hall–Kier alpha value is -0.740. The van der Waals surface area contributed by atoms with E-state index in [0.717, 1.165) is 0 Å². The van der Waals surface area contributed by atoms with Crippen LogP contribution in [0.15, 0.2) is 0 Å². The van der Waals surface area contributed by atoms with Gasteiger partial charge in [0.1, 0.15) is 18.3 Å². The molecule has 4 atom stereocenters. The lowest BCUT2D eigenvalue weighted by atomic mass is 10.1. The second kappa shape index (κ2) is 5.94. The Morgan fingerprint density at radius 3 is 2.70 bits per heavy atom. The summed E-state index contributed by atoms with van der Waals surface area (Å²) < 4.78 is 20.1. The van der Waals surface area contributed by atoms with E-state index in [4.69, 9.17) is 14.5 Å². The van der Waals surface area contributed by atoms with Gasteiger partial charge in [-0.15, -0.1) is 0 Å². The molecular formula is C9H17N2O8P. The van der Waals surface area contributed by atoms with Crippen LogP contribution in [0.2, 0.25) is 0 Å². The number of ether oxygens (including phenoxy) is 1. The molecule has 0 aliphatic carbocycles. The first-order valence-corrected chi connectivity index (χ1v) is 7.59. The van der Waals surface area contributed by atoms with E-state index in [-0.39, 0.29) is 0 Å². The molecule has 2 heterocycles. The summed E-state index contributed by atoms with van der Waals surface area (Å²) >= 11 is 0. The molecule has 116 valence electrons. The van der Waals surface area contributed by atoms with Gasteiger partial charge in [0, 0.05) is 13.1 Å². The van der Waals surface area contributed by atoms with Gasteiger partial charge in [0.2, 0.25) is 0 Å². The van der Waals surface area contributed by atoms with Crippen LogP contribution in [0.4, 0.5) is 4.79 Å². The molecular weight excluding hydrogens is 295 g/mol. The number of carbonyl (C=O) groups is 1. The zero-order valence-electron chi connectivity index (χ0n) is 10.5. The number of aliphatic hydroxyl groups is 2. The lowest BCUT2D eigenvalue weighted by Gasteiger charge is -2.33. The van der Waals surface area contributed by atoms with E-state index < -0.39 is 45.0 Å². The molecule has 0 aromatic rings. The van der Waals surface area contributed by atoms with Gasteiger partial charge in [0.15, 0.2) is 6.23 Å². The fourth-order valence-corrected chi connectivity index (χ4v) is 2.53. The molecule has 10 nitrogen and oxygen atoms in total. The summed E-state index contributed by atoms with van der Waals surface area (Å²) in [6.45, 7) is 0.284. The van der Waals surface area contributed by atoms with Gasteiger partial charge in [-0.05, 0) is 6.42 Å². The van der Waals surface area contributed by atoms with E-state index in [1.165, 1.54) is 4.90 Å². The minimum atomic E-state index is -4.69. The Morgan fingerprint density at radius 2 is 2.10 bits per heavy atom. The van der Waals surface area contributed by atoms with Crippen molar-refractivity contribution in [3.05, 3.63) is 0 Å². The highest BCUT2D eigenvalue weighted by molar-refractivity contribution is 7.46. The van der Waals surface area contributed by atoms with Crippen molar-refractivity contribution in [2.24, 2.45) is 0 Å². The highest BCUT2D eigenvalue weighted by atomic mass is 31.2. The smallest absolute Gasteiger partial charge is 0.387 e. The normalized spacial score (nSPS) is 35.2. The minimum absolute atomic E-state index is 0.354. The fourth-order valence-electron chi connectivity index (χ4n) is 2.19. The molecule has 0 aromatic heterocycles. The van der Waals surface area contributed by atoms with Gasteiger partial charge in [0.05, 0.1) is 6.61 Å². The first kappa shape index (κ1) is 15.6. The van der Waals surface area contributed by atoms with Crippen molar-refractivity contribution in [2.75, 3.05) is 19.7 Å². The summed E-state index contributed by atoms with van der Waals surface area (Å²) in [5.41, 5.74) is 0. The SMILES string of the molecule is O=C1NCCCN1[C@@H]1O[C@H](COP(=O)(O)O)[C@@H](O)[C@H]1O. The Morgan fingerprint density at radius 1 is 1.40 bits per heavy atom. The maximum atomic E-state index is 11.6. The van der Waals surface area contributed by atoms with Crippen LogP contribution in [-0.4, -0.2) is 75.2 Å². The van der Waals surface area contributed by atoms with Crippen LogP contribution in [0, 0.1) is 0 Å². The molecule has 11 heteroatoms. The zero-order valence-corrected chi connectivity index (χ0v) is 11.3. The zero-order chi connectivity index (χ0) is 14.9. The van der Waals surface area contributed by atoms with Crippen molar-refractivity contribution in [2.45, 2.75) is 31.0 Å². The third kappa shape index (κ3) is 3.47. The first-order chi connectivity index (χ1) is 9.29. The second-order valence-corrected chi connectivity index (χ2v) is 5.85. The maximum Gasteiger partial charge on any atom is 0.469 e. The van der Waals surface area contributed by atoms with Gasteiger partial charge in [-0.25, -0.2) is 9.36 Å². The van der Waals surface area contributed by atoms with Crippen LogP contribution in [0.1, 0.15) is 6.42 Å². The monoisotopic (exact) mass is 312 g/mol. The van der Waals surface area contributed by atoms with E-state index in [0.29, 0.717) is 19.5 Å². The number of aliphatic hydroxyl groups excluding tert-OH is 2. The summed E-state index contributed by atoms with van der Waals surface area (Å²) in [5.74, 6) is 0. The van der Waals surface area contributed by atoms with E-state index in [9.17, 15) is 19.6 Å². The van der Waals surface area contributed by atoms with Crippen molar-refractivity contribution in [1.82, 2.24) is 10.2 Å². The van der Waals surface area contributed by atoms with E-state index in [1.54, 1.807) is 0 Å². The molecule has 2 amide bonds. The van der Waals surface area contributed by atoms with Crippen molar-refractivity contribution >= 4 is 13.9 Å². The van der Waals surface area contributed by atoms with Gasteiger partial charge in [-0.3, -0.25) is 9.42 Å². The number of urea groups is 1. The standard InChI is InChI=1S/C9H17N2O8P/c12-6-5(4-18-20(15,16)17)19-8(7(6)13)11-3-1-2-10-9(11)14/h5-8,12-13H,1-4H2,(H,10,14)(H2,15,16,17)/t5-,6-,7-,8-/m1/s1. The Balaban J connectivity index is 1.99.